The SMILES string of the molecule is O=C(C(CC1CCCCC1)=NO)c1ccc(Sc2ccccc2)cc1. The van der Waals surface area contributed by atoms with E-state index in [1.54, 1.807) is 11.8 Å². The molecule has 0 heterocycles. The van der Waals surface area contributed by atoms with Crippen LogP contribution in [0.1, 0.15) is 48.9 Å². The first-order valence-electron chi connectivity index (χ1n) is 8.85. The molecule has 0 unspecified atom stereocenters. The Balaban J connectivity index is 1.64. The van der Waals surface area contributed by atoms with Gasteiger partial charge >= 0.3 is 0 Å². The maximum Gasteiger partial charge on any atom is 0.210 e. The average Bonchev–Trinajstić information content (AvgIpc) is 2.68. The Bertz CT molecular complexity index is 719. The van der Waals surface area contributed by atoms with E-state index in [1.165, 1.54) is 19.3 Å². The van der Waals surface area contributed by atoms with Crippen LogP contribution >= 0.6 is 11.8 Å². The second-order valence-electron chi connectivity index (χ2n) is 6.52. The van der Waals surface area contributed by atoms with Gasteiger partial charge in [-0.15, -0.1) is 0 Å². The number of rotatable bonds is 6. The lowest BCUT2D eigenvalue weighted by Crippen LogP contribution is -2.20. The van der Waals surface area contributed by atoms with Crippen molar-refractivity contribution < 1.29 is 10.0 Å². The third-order valence-electron chi connectivity index (χ3n) is 4.68. The molecule has 25 heavy (non-hydrogen) atoms. The average molecular weight is 353 g/mol. The predicted molar refractivity (Wildman–Crippen MR) is 102 cm³/mol. The van der Waals surface area contributed by atoms with Gasteiger partial charge in [-0.3, -0.25) is 4.79 Å². The van der Waals surface area contributed by atoms with Gasteiger partial charge in [-0.05, 0) is 48.7 Å². The summed E-state index contributed by atoms with van der Waals surface area (Å²) >= 11 is 1.66. The Morgan fingerprint density at radius 3 is 2.24 bits per heavy atom. The molecule has 0 aliphatic heterocycles. The van der Waals surface area contributed by atoms with Crippen molar-refractivity contribution in [2.24, 2.45) is 11.1 Å². The number of benzene rings is 2. The predicted octanol–water partition coefficient (Wildman–Crippen LogP) is 5.82. The van der Waals surface area contributed by atoms with Crippen molar-refractivity contribution in [2.75, 3.05) is 0 Å². The molecule has 3 rings (SSSR count). The summed E-state index contributed by atoms with van der Waals surface area (Å²) in [7, 11) is 0. The summed E-state index contributed by atoms with van der Waals surface area (Å²) in [5.74, 6) is 0.306. The van der Waals surface area contributed by atoms with Gasteiger partial charge in [0.2, 0.25) is 5.78 Å². The van der Waals surface area contributed by atoms with E-state index in [2.05, 4.69) is 17.3 Å². The molecule has 1 N–H and O–H groups in total. The molecule has 2 aromatic rings. The van der Waals surface area contributed by atoms with E-state index in [0.717, 1.165) is 22.6 Å². The van der Waals surface area contributed by atoms with Gasteiger partial charge in [-0.1, -0.05) is 67.2 Å². The van der Waals surface area contributed by atoms with Gasteiger partial charge in [0, 0.05) is 15.4 Å². The van der Waals surface area contributed by atoms with E-state index < -0.39 is 0 Å². The fourth-order valence-corrected chi connectivity index (χ4v) is 4.15. The monoisotopic (exact) mass is 353 g/mol. The van der Waals surface area contributed by atoms with Crippen molar-refractivity contribution >= 4 is 23.3 Å². The number of hydrogen-bond acceptors (Lipinski definition) is 4. The molecular weight excluding hydrogens is 330 g/mol. The minimum Gasteiger partial charge on any atom is -0.411 e. The van der Waals surface area contributed by atoms with Crippen LogP contribution in [-0.4, -0.2) is 16.7 Å². The molecule has 0 spiro atoms. The van der Waals surface area contributed by atoms with Crippen LogP contribution in [0.25, 0.3) is 0 Å². The van der Waals surface area contributed by atoms with Crippen molar-refractivity contribution in [3.63, 3.8) is 0 Å². The van der Waals surface area contributed by atoms with Crippen LogP contribution in [0.4, 0.5) is 0 Å². The Labute approximate surface area is 153 Å². The summed E-state index contributed by atoms with van der Waals surface area (Å²) < 4.78 is 0. The van der Waals surface area contributed by atoms with Gasteiger partial charge in [-0.25, -0.2) is 0 Å². The molecule has 130 valence electrons. The van der Waals surface area contributed by atoms with E-state index in [-0.39, 0.29) is 11.5 Å². The topological polar surface area (TPSA) is 49.7 Å². The van der Waals surface area contributed by atoms with Gasteiger partial charge in [-0.2, -0.15) is 0 Å². The molecule has 3 nitrogen and oxygen atoms in total. The van der Waals surface area contributed by atoms with Crippen LogP contribution in [0, 0.1) is 5.92 Å². The minimum absolute atomic E-state index is 0.163. The fourth-order valence-electron chi connectivity index (χ4n) is 3.31. The highest BCUT2D eigenvalue weighted by molar-refractivity contribution is 7.99. The van der Waals surface area contributed by atoms with Crippen molar-refractivity contribution in [2.45, 2.75) is 48.3 Å². The van der Waals surface area contributed by atoms with Crippen LogP contribution in [0.15, 0.2) is 69.5 Å². The highest BCUT2D eigenvalue weighted by atomic mass is 32.2. The summed E-state index contributed by atoms with van der Waals surface area (Å²) in [6.07, 6.45) is 6.52. The lowest BCUT2D eigenvalue weighted by Gasteiger charge is -2.21. The van der Waals surface area contributed by atoms with Gasteiger partial charge in [0.1, 0.15) is 5.71 Å². The van der Waals surface area contributed by atoms with Gasteiger partial charge in [0.15, 0.2) is 0 Å². The summed E-state index contributed by atoms with van der Waals surface area (Å²) in [6.45, 7) is 0. The summed E-state index contributed by atoms with van der Waals surface area (Å²) in [5.41, 5.74) is 0.872. The summed E-state index contributed by atoms with van der Waals surface area (Å²) in [6, 6.07) is 17.7. The molecule has 0 aromatic heterocycles. The first-order valence-corrected chi connectivity index (χ1v) is 9.66. The molecule has 0 amide bonds. The third-order valence-corrected chi connectivity index (χ3v) is 5.70. The number of hydrogen-bond donors (Lipinski definition) is 1. The third kappa shape index (κ3) is 4.95. The largest absolute Gasteiger partial charge is 0.411 e. The van der Waals surface area contributed by atoms with Gasteiger partial charge < -0.3 is 5.21 Å². The Hall–Kier alpha value is -2.07. The molecule has 1 saturated carbocycles. The summed E-state index contributed by atoms with van der Waals surface area (Å²) in [4.78, 5) is 14.9. The zero-order valence-electron chi connectivity index (χ0n) is 14.2. The molecule has 0 saturated heterocycles. The molecule has 4 heteroatoms. The van der Waals surface area contributed by atoms with Crippen LogP contribution in [-0.2, 0) is 0 Å². The van der Waals surface area contributed by atoms with Gasteiger partial charge in [0.05, 0.1) is 0 Å². The van der Waals surface area contributed by atoms with E-state index in [0.29, 0.717) is 17.9 Å². The van der Waals surface area contributed by atoms with Gasteiger partial charge in [0.25, 0.3) is 0 Å². The Morgan fingerprint density at radius 1 is 0.960 bits per heavy atom. The minimum atomic E-state index is -0.163. The maximum absolute atomic E-state index is 12.6. The van der Waals surface area contributed by atoms with Crippen LogP contribution in [0.2, 0.25) is 0 Å². The molecule has 0 bridgehead atoms. The van der Waals surface area contributed by atoms with E-state index in [9.17, 15) is 10.0 Å². The molecular formula is C21H23NO2S. The number of carbonyl (C=O) groups is 1. The van der Waals surface area contributed by atoms with E-state index in [1.807, 2.05) is 42.5 Å². The van der Waals surface area contributed by atoms with E-state index in [4.69, 9.17) is 0 Å². The molecule has 1 aliphatic carbocycles. The number of Topliss-reactive ketones (excluding diaryl/α,β-unsaturated/α-hetero) is 1. The fraction of sp³-hybridized carbons (Fsp3) is 0.333. The Kier molecular flexibility index (Phi) is 6.29. The highest BCUT2D eigenvalue weighted by Gasteiger charge is 2.21. The normalized spacial score (nSPS) is 15.9. The molecule has 2 aromatic carbocycles. The van der Waals surface area contributed by atoms with Crippen LogP contribution < -0.4 is 0 Å². The van der Waals surface area contributed by atoms with Crippen LogP contribution in [0.3, 0.4) is 0 Å². The molecule has 0 radical (unpaired) electrons. The number of carbonyl (C=O) groups excluding carboxylic acids is 1. The van der Waals surface area contributed by atoms with E-state index >= 15 is 0 Å². The zero-order chi connectivity index (χ0) is 17.5. The number of nitrogens with zero attached hydrogens (tertiary/aromatic N) is 1. The summed E-state index contributed by atoms with van der Waals surface area (Å²) in [5, 5.41) is 12.6. The highest BCUT2D eigenvalue weighted by Crippen LogP contribution is 2.29. The van der Waals surface area contributed by atoms with Crippen LogP contribution in [0.5, 0.6) is 0 Å². The Morgan fingerprint density at radius 2 is 1.60 bits per heavy atom. The smallest absolute Gasteiger partial charge is 0.210 e. The molecule has 1 fully saturated rings. The second kappa shape index (κ2) is 8.86. The number of ketones is 1. The molecule has 0 atom stereocenters. The van der Waals surface area contributed by atoms with Crippen molar-refractivity contribution in [1.82, 2.24) is 0 Å². The lowest BCUT2D eigenvalue weighted by atomic mass is 9.84. The lowest BCUT2D eigenvalue weighted by molar-refractivity contribution is 0.105. The van der Waals surface area contributed by atoms with Crippen molar-refractivity contribution in [3.05, 3.63) is 60.2 Å². The van der Waals surface area contributed by atoms with Crippen molar-refractivity contribution in [3.8, 4) is 0 Å². The molecule has 1 aliphatic rings. The quantitative estimate of drug-likeness (QED) is 0.308. The first kappa shape index (κ1) is 17.7. The standard InChI is InChI=1S/C21H23NO2S/c23-21(20(22-24)15-16-7-3-1-4-8-16)17-11-13-19(14-12-17)25-18-9-5-2-6-10-18/h2,5-6,9-14,16,24H,1,3-4,7-8,15H2. The maximum atomic E-state index is 12.6. The first-order chi connectivity index (χ1) is 12.3. The van der Waals surface area contributed by atoms with Crippen molar-refractivity contribution in [1.29, 1.82) is 0 Å². The zero-order valence-corrected chi connectivity index (χ0v) is 15.0. The number of oxime groups is 1. The second-order valence-corrected chi connectivity index (χ2v) is 7.67.